The Morgan fingerprint density at radius 3 is 2.95 bits per heavy atom. The number of nitro groups is 1. The second kappa shape index (κ2) is 7.22. The van der Waals surface area contributed by atoms with Gasteiger partial charge in [0, 0.05) is 24.0 Å². The number of benzene rings is 1. The van der Waals surface area contributed by atoms with E-state index in [4.69, 9.17) is 11.6 Å². The molecule has 114 valence electrons. The molecule has 1 atom stereocenters. The smallest absolute Gasteiger partial charge is 0.283 e. The number of amides is 1. The van der Waals surface area contributed by atoms with Crippen LogP contribution in [0.5, 0.6) is 0 Å². The van der Waals surface area contributed by atoms with Crippen LogP contribution in [0.15, 0.2) is 18.2 Å². The minimum absolute atomic E-state index is 0.00917. The van der Waals surface area contributed by atoms with E-state index in [-0.39, 0.29) is 28.2 Å². The van der Waals surface area contributed by atoms with Crippen molar-refractivity contribution < 1.29 is 9.72 Å². The molecule has 0 aromatic heterocycles. The molecule has 21 heavy (non-hydrogen) atoms. The maximum atomic E-state index is 12.7. The Morgan fingerprint density at radius 1 is 1.52 bits per heavy atom. The zero-order valence-electron chi connectivity index (χ0n) is 11.4. The van der Waals surface area contributed by atoms with Crippen molar-refractivity contribution in [2.24, 2.45) is 0 Å². The monoisotopic (exact) mass is 374 g/mol. The molecule has 1 aromatic rings. The fourth-order valence-corrected chi connectivity index (χ4v) is 3.31. The zero-order chi connectivity index (χ0) is 15.4. The average molecular weight is 376 g/mol. The predicted octanol–water partition coefficient (Wildman–Crippen LogP) is 4.03. The van der Waals surface area contributed by atoms with E-state index in [1.807, 2.05) is 0 Å². The quantitative estimate of drug-likeness (QED) is 0.443. The Hall–Kier alpha value is -1.14. The molecule has 7 heteroatoms. The number of nitro benzene ring substituents is 1. The summed E-state index contributed by atoms with van der Waals surface area (Å²) >= 11 is 9.43. The second-order valence-corrected chi connectivity index (χ2v) is 6.22. The molecule has 1 amide bonds. The Kier molecular flexibility index (Phi) is 5.58. The SMILES string of the molecule is O=C(c1c(Cl)cccc1[N+](=O)[O-])N1CCCC1CCCBr. The Balaban J connectivity index is 2.29. The molecule has 0 bridgehead atoms. The van der Waals surface area contributed by atoms with E-state index in [0.717, 1.165) is 31.0 Å². The molecule has 1 aliphatic heterocycles. The highest BCUT2D eigenvalue weighted by molar-refractivity contribution is 9.09. The fourth-order valence-electron chi connectivity index (χ4n) is 2.74. The number of nitrogens with zero attached hydrogens (tertiary/aromatic N) is 2. The second-order valence-electron chi connectivity index (χ2n) is 5.02. The van der Waals surface area contributed by atoms with Crippen molar-refractivity contribution in [3.05, 3.63) is 38.9 Å². The van der Waals surface area contributed by atoms with E-state index in [0.29, 0.717) is 6.54 Å². The first-order valence-electron chi connectivity index (χ1n) is 6.86. The lowest BCUT2D eigenvalue weighted by molar-refractivity contribution is -0.385. The van der Waals surface area contributed by atoms with Crippen LogP contribution in [0, 0.1) is 10.1 Å². The van der Waals surface area contributed by atoms with Crippen LogP contribution in [0.25, 0.3) is 0 Å². The summed E-state index contributed by atoms with van der Waals surface area (Å²) in [5.41, 5.74) is -0.214. The molecule has 0 spiro atoms. The van der Waals surface area contributed by atoms with Gasteiger partial charge in [-0.3, -0.25) is 14.9 Å². The number of hydrogen-bond acceptors (Lipinski definition) is 3. The summed E-state index contributed by atoms with van der Waals surface area (Å²) in [6, 6.07) is 4.48. The highest BCUT2D eigenvalue weighted by Crippen LogP contribution is 2.31. The molecule has 1 fully saturated rings. The lowest BCUT2D eigenvalue weighted by Gasteiger charge is -2.24. The van der Waals surface area contributed by atoms with Gasteiger partial charge in [0.25, 0.3) is 11.6 Å². The summed E-state index contributed by atoms with van der Waals surface area (Å²) in [6.07, 6.45) is 3.74. The number of likely N-dealkylation sites (tertiary alicyclic amines) is 1. The number of alkyl halides is 1. The third-order valence-electron chi connectivity index (χ3n) is 3.71. The maximum Gasteiger partial charge on any atom is 0.283 e. The van der Waals surface area contributed by atoms with E-state index in [1.54, 1.807) is 4.90 Å². The summed E-state index contributed by atoms with van der Waals surface area (Å²) in [4.78, 5) is 25.0. The third-order valence-corrected chi connectivity index (χ3v) is 4.59. The molecule has 1 saturated heterocycles. The number of hydrogen-bond donors (Lipinski definition) is 0. The van der Waals surface area contributed by atoms with Crippen molar-refractivity contribution in [2.45, 2.75) is 31.7 Å². The van der Waals surface area contributed by atoms with E-state index in [1.165, 1.54) is 18.2 Å². The summed E-state index contributed by atoms with van der Waals surface area (Å²) in [5, 5.41) is 12.1. The largest absolute Gasteiger partial charge is 0.335 e. The van der Waals surface area contributed by atoms with Crippen molar-refractivity contribution in [1.82, 2.24) is 4.90 Å². The van der Waals surface area contributed by atoms with Crippen LogP contribution in [-0.2, 0) is 0 Å². The Bertz CT molecular complexity index is 553. The highest BCUT2D eigenvalue weighted by atomic mass is 79.9. The van der Waals surface area contributed by atoms with Gasteiger partial charge in [-0.2, -0.15) is 0 Å². The minimum Gasteiger partial charge on any atom is -0.335 e. The molecule has 0 radical (unpaired) electrons. The van der Waals surface area contributed by atoms with E-state index < -0.39 is 4.92 Å². The first-order valence-corrected chi connectivity index (χ1v) is 8.36. The summed E-state index contributed by atoms with van der Waals surface area (Å²) in [6.45, 7) is 0.633. The lowest BCUT2D eigenvalue weighted by Crippen LogP contribution is -2.36. The van der Waals surface area contributed by atoms with Crippen LogP contribution in [0.2, 0.25) is 5.02 Å². The van der Waals surface area contributed by atoms with E-state index in [9.17, 15) is 14.9 Å². The molecule has 1 aromatic carbocycles. The Labute approximate surface area is 136 Å². The van der Waals surface area contributed by atoms with Gasteiger partial charge < -0.3 is 4.90 Å². The standard InChI is InChI=1S/C14H16BrClN2O3/c15-8-2-4-10-5-3-9-17(10)14(19)13-11(16)6-1-7-12(13)18(20)21/h1,6-7,10H,2-5,8-9H2. The first-order chi connectivity index (χ1) is 10.1. The van der Waals surface area contributed by atoms with Crippen molar-refractivity contribution in [2.75, 3.05) is 11.9 Å². The zero-order valence-corrected chi connectivity index (χ0v) is 13.8. The van der Waals surface area contributed by atoms with Crippen LogP contribution in [0.1, 0.15) is 36.0 Å². The van der Waals surface area contributed by atoms with Gasteiger partial charge in [0.05, 0.1) is 9.95 Å². The van der Waals surface area contributed by atoms with Gasteiger partial charge in [0.15, 0.2) is 0 Å². The van der Waals surface area contributed by atoms with Crippen LogP contribution in [0.4, 0.5) is 5.69 Å². The lowest BCUT2D eigenvalue weighted by atomic mass is 10.1. The summed E-state index contributed by atoms with van der Waals surface area (Å²) in [7, 11) is 0. The molecule has 2 rings (SSSR count). The predicted molar refractivity (Wildman–Crippen MR) is 85.2 cm³/mol. The molecule has 1 aliphatic rings. The van der Waals surface area contributed by atoms with Gasteiger partial charge in [0.2, 0.25) is 0 Å². The summed E-state index contributed by atoms with van der Waals surface area (Å²) in [5.74, 6) is -0.329. The van der Waals surface area contributed by atoms with Gasteiger partial charge in [-0.15, -0.1) is 0 Å². The number of rotatable bonds is 5. The van der Waals surface area contributed by atoms with E-state index >= 15 is 0 Å². The number of halogens is 2. The van der Waals surface area contributed by atoms with Crippen molar-refractivity contribution >= 4 is 39.1 Å². The molecule has 0 aliphatic carbocycles. The molecular formula is C14H16BrClN2O3. The molecule has 1 unspecified atom stereocenters. The van der Waals surface area contributed by atoms with Crippen LogP contribution in [0.3, 0.4) is 0 Å². The topological polar surface area (TPSA) is 63.4 Å². The summed E-state index contributed by atoms with van der Waals surface area (Å²) < 4.78 is 0. The normalized spacial score (nSPS) is 18.0. The van der Waals surface area contributed by atoms with Gasteiger partial charge in [0.1, 0.15) is 5.56 Å². The molecule has 1 heterocycles. The van der Waals surface area contributed by atoms with Crippen LogP contribution < -0.4 is 0 Å². The third kappa shape index (κ3) is 3.55. The average Bonchev–Trinajstić information content (AvgIpc) is 2.92. The molecule has 5 nitrogen and oxygen atoms in total. The van der Waals surface area contributed by atoms with Gasteiger partial charge in [-0.1, -0.05) is 33.6 Å². The number of carbonyl (C=O) groups is 1. The van der Waals surface area contributed by atoms with E-state index in [2.05, 4.69) is 15.9 Å². The highest BCUT2D eigenvalue weighted by Gasteiger charge is 2.33. The Morgan fingerprint density at radius 2 is 2.29 bits per heavy atom. The van der Waals surface area contributed by atoms with Crippen LogP contribution in [-0.4, -0.2) is 33.6 Å². The minimum atomic E-state index is -0.553. The maximum absolute atomic E-state index is 12.7. The van der Waals surface area contributed by atoms with Crippen molar-refractivity contribution in [3.8, 4) is 0 Å². The van der Waals surface area contributed by atoms with Crippen molar-refractivity contribution in [1.29, 1.82) is 0 Å². The van der Waals surface area contributed by atoms with Gasteiger partial charge in [-0.05, 0) is 31.7 Å². The first kappa shape index (κ1) is 16.2. The fraction of sp³-hybridized carbons (Fsp3) is 0.500. The molecule has 0 N–H and O–H groups in total. The molecular weight excluding hydrogens is 360 g/mol. The van der Waals surface area contributed by atoms with Crippen LogP contribution >= 0.6 is 27.5 Å². The number of carbonyl (C=O) groups excluding carboxylic acids is 1. The van der Waals surface area contributed by atoms with Crippen molar-refractivity contribution in [3.63, 3.8) is 0 Å². The molecule has 0 saturated carbocycles. The van der Waals surface area contributed by atoms with Gasteiger partial charge >= 0.3 is 0 Å². The van der Waals surface area contributed by atoms with Gasteiger partial charge in [-0.25, -0.2) is 0 Å².